The zero-order valence-corrected chi connectivity index (χ0v) is 14.2. The number of hydrogen-bond donors (Lipinski definition) is 0. The van der Waals surface area contributed by atoms with Gasteiger partial charge in [-0.1, -0.05) is 37.6 Å². The van der Waals surface area contributed by atoms with Gasteiger partial charge in [0.1, 0.15) is 6.54 Å². The van der Waals surface area contributed by atoms with E-state index in [2.05, 4.69) is 13.0 Å². The summed E-state index contributed by atoms with van der Waals surface area (Å²) in [4.78, 5) is 22.5. The first-order valence-corrected chi connectivity index (χ1v) is 7.76. The van der Waals surface area contributed by atoms with Gasteiger partial charge in [0, 0.05) is 18.8 Å². The van der Waals surface area contributed by atoms with Crippen molar-refractivity contribution < 1.29 is 23.9 Å². The second-order valence-electron chi connectivity index (χ2n) is 6.34. The predicted octanol–water partition coefficient (Wildman–Crippen LogP) is 1.44. The highest BCUT2D eigenvalue weighted by atomic mass is 16.5. The van der Waals surface area contributed by atoms with Crippen molar-refractivity contribution in [3.63, 3.8) is 0 Å². The molecule has 0 aliphatic carbocycles. The smallest absolute Gasteiger partial charge is 0.306 e. The van der Waals surface area contributed by atoms with E-state index < -0.39 is 12.1 Å². The Bertz CT molecular complexity index is 394. The van der Waals surface area contributed by atoms with Crippen molar-refractivity contribution >= 4 is 11.9 Å². The highest BCUT2D eigenvalue weighted by Crippen LogP contribution is 2.07. The van der Waals surface area contributed by atoms with Crippen molar-refractivity contribution in [2.24, 2.45) is 0 Å². The van der Waals surface area contributed by atoms with Crippen LogP contribution in [0.1, 0.15) is 39.0 Å². The van der Waals surface area contributed by atoms with E-state index in [1.165, 1.54) is 0 Å². The summed E-state index contributed by atoms with van der Waals surface area (Å²) in [6.45, 7) is 2.55. The van der Waals surface area contributed by atoms with Crippen molar-refractivity contribution in [1.82, 2.24) is 0 Å². The normalized spacial score (nSPS) is 13.6. The Hall–Kier alpha value is -1.62. The van der Waals surface area contributed by atoms with Crippen molar-refractivity contribution in [1.29, 1.82) is 0 Å². The monoisotopic (exact) mass is 311 g/mol. The van der Waals surface area contributed by atoms with Gasteiger partial charge in [-0.2, -0.15) is 0 Å². The summed E-state index contributed by atoms with van der Waals surface area (Å²) in [6, 6.07) is 0. The summed E-state index contributed by atoms with van der Waals surface area (Å²) in [5, 5.41) is 10.7. The number of carbonyl (C=O) groups is 2. The number of hydrogen-bond acceptors (Lipinski definition) is 4. The summed E-state index contributed by atoms with van der Waals surface area (Å²) in [5.41, 5.74) is 0. The fourth-order valence-electron chi connectivity index (χ4n) is 1.90. The van der Waals surface area contributed by atoms with Gasteiger partial charge in [-0.25, -0.2) is 0 Å². The number of ether oxygens (including phenoxy) is 1. The van der Waals surface area contributed by atoms with Crippen LogP contribution in [0.2, 0.25) is 0 Å². The Morgan fingerprint density at radius 2 is 1.73 bits per heavy atom. The molecule has 22 heavy (non-hydrogen) atoms. The minimum absolute atomic E-state index is 0.249. The molecule has 0 aliphatic rings. The van der Waals surface area contributed by atoms with Gasteiger partial charge in [-0.3, -0.25) is 4.79 Å². The highest BCUT2D eigenvalue weighted by molar-refractivity contribution is 5.71. The molecule has 0 heterocycles. The molecule has 1 atom stereocenters. The molecule has 0 bridgehead atoms. The van der Waals surface area contributed by atoms with Crippen LogP contribution < -0.4 is 5.11 Å². The lowest BCUT2D eigenvalue weighted by Gasteiger charge is -2.29. The number of esters is 1. The van der Waals surface area contributed by atoms with Crippen LogP contribution in [-0.4, -0.2) is 50.2 Å². The fourth-order valence-corrected chi connectivity index (χ4v) is 1.90. The van der Waals surface area contributed by atoms with E-state index in [-0.39, 0.29) is 18.8 Å². The number of nitrogens with zero attached hydrogens (tertiary/aromatic N) is 1. The molecule has 0 fully saturated rings. The van der Waals surface area contributed by atoms with Crippen LogP contribution in [0.5, 0.6) is 0 Å². The Labute approximate surface area is 133 Å². The van der Waals surface area contributed by atoms with E-state index in [0.29, 0.717) is 17.4 Å². The van der Waals surface area contributed by atoms with Crippen molar-refractivity contribution in [2.75, 3.05) is 27.7 Å². The van der Waals surface area contributed by atoms with Gasteiger partial charge < -0.3 is 19.1 Å². The molecule has 0 aliphatic heterocycles. The minimum Gasteiger partial charge on any atom is -0.550 e. The molecular formula is C17H29NO4. The Kier molecular flexibility index (Phi) is 10.2. The average molecular weight is 311 g/mol. The maximum Gasteiger partial charge on any atom is 0.306 e. The van der Waals surface area contributed by atoms with Gasteiger partial charge in [0.15, 0.2) is 6.10 Å². The van der Waals surface area contributed by atoms with Crippen LogP contribution in [0.4, 0.5) is 0 Å². The lowest BCUT2D eigenvalue weighted by molar-refractivity contribution is -0.873. The third-order valence-corrected chi connectivity index (χ3v) is 2.80. The molecule has 0 radical (unpaired) electrons. The average Bonchev–Trinajstić information content (AvgIpc) is 2.34. The maximum atomic E-state index is 11.8. The summed E-state index contributed by atoms with van der Waals surface area (Å²) in [7, 11) is 5.75. The number of rotatable bonds is 11. The number of aliphatic carboxylic acids is 1. The number of likely N-dealkylation sites (N-methyl/N-ethyl adjacent to an activating group) is 1. The van der Waals surface area contributed by atoms with E-state index in [4.69, 9.17) is 4.74 Å². The minimum atomic E-state index is -1.20. The zero-order chi connectivity index (χ0) is 17.0. The number of unbranched alkanes of at least 4 members (excludes halogenated alkanes) is 1. The Morgan fingerprint density at radius 1 is 1.14 bits per heavy atom. The molecule has 0 saturated carbocycles. The summed E-state index contributed by atoms with van der Waals surface area (Å²) >= 11 is 0. The number of carbonyl (C=O) groups excluding carboxylic acids is 2. The van der Waals surface area contributed by atoms with E-state index in [1.807, 2.05) is 39.4 Å². The first kappa shape index (κ1) is 20.4. The molecule has 5 heteroatoms. The maximum absolute atomic E-state index is 11.8. The molecule has 1 unspecified atom stereocenters. The third kappa shape index (κ3) is 13.4. The third-order valence-electron chi connectivity index (χ3n) is 2.80. The summed E-state index contributed by atoms with van der Waals surface area (Å²) < 4.78 is 5.78. The van der Waals surface area contributed by atoms with E-state index in [1.54, 1.807) is 0 Å². The second kappa shape index (κ2) is 11.0. The zero-order valence-electron chi connectivity index (χ0n) is 14.2. The SMILES string of the molecule is CCC/C=C/C=C/CCC(=O)OC(CC(=O)[O-])C[N+](C)(C)C. The topological polar surface area (TPSA) is 66.4 Å². The van der Waals surface area contributed by atoms with Crippen LogP contribution in [0.3, 0.4) is 0 Å². The van der Waals surface area contributed by atoms with Crippen LogP contribution >= 0.6 is 0 Å². The lowest BCUT2D eigenvalue weighted by Crippen LogP contribution is -2.45. The molecular weight excluding hydrogens is 282 g/mol. The summed E-state index contributed by atoms with van der Waals surface area (Å²) in [5.74, 6) is -1.57. The molecule has 126 valence electrons. The van der Waals surface area contributed by atoms with Crippen molar-refractivity contribution in [3.8, 4) is 0 Å². The molecule has 0 N–H and O–H groups in total. The van der Waals surface area contributed by atoms with Crippen molar-refractivity contribution in [3.05, 3.63) is 24.3 Å². The molecule has 0 amide bonds. The van der Waals surface area contributed by atoms with Gasteiger partial charge in [-0.05, 0) is 12.8 Å². The largest absolute Gasteiger partial charge is 0.550 e. The van der Waals surface area contributed by atoms with Crippen LogP contribution in [0.15, 0.2) is 24.3 Å². The molecule has 0 saturated heterocycles. The highest BCUT2D eigenvalue weighted by Gasteiger charge is 2.22. The number of carboxylic acids is 1. The Morgan fingerprint density at radius 3 is 2.23 bits per heavy atom. The second-order valence-corrected chi connectivity index (χ2v) is 6.34. The van der Waals surface area contributed by atoms with Crippen LogP contribution in [-0.2, 0) is 14.3 Å². The number of allylic oxidation sites excluding steroid dienone is 4. The van der Waals surface area contributed by atoms with Gasteiger partial charge in [0.25, 0.3) is 0 Å². The lowest BCUT2D eigenvalue weighted by atomic mass is 10.2. The molecule has 0 aromatic carbocycles. The van der Waals surface area contributed by atoms with Gasteiger partial charge in [0.05, 0.1) is 21.1 Å². The number of quaternary nitrogens is 1. The Balaban J connectivity index is 4.19. The van der Waals surface area contributed by atoms with Gasteiger partial charge in [-0.15, -0.1) is 0 Å². The molecule has 0 aromatic heterocycles. The first-order valence-electron chi connectivity index (χ1n) is 7.76. The van der Waals surface area contributed by atoms with Gasteiger partial charge >= 0.3 is 5.97 Å². The predicted molar refractivity (Wildman–Crippen MR) is 84.8 cm³/mol. The first-order chi connectivity index (χ1) is 10.2. The molecule has 5 nitrogen and oxygen atoms in total. The van der Waals surface area contributed by atoms with E-state index in [0.717, 1.165) is 12.8 Å². The summed E-state index contributed by atoms with van der Waals surface area (Å²) in [6.07, 6.45) is 9.93. The van der Waals surface area contributed by atoms with E-state index >= 15 is 0 Å². The quantitative estimate of drug-likeness (QED) is 0.329. The van der Waals surface area contributed by atoms with Crippen molar-refractivity contribution in [2.45, 2.75) is 45.1 Å². The van der Waals surface area contributed by atoms with Gasteiger partial charge in [0.2, 0.25) is 0 Å². The molecule has 0 spiro atoms. The number of carboxylic acid groups (broad SMARTS) is 1. The van der Waals surface area contributed by atoms with E-state index in [9.17, 15) is 14.7 Å². The van der Waals surface area contributed by atoms with Crippen LogP contribution in [0.25, 0.3) is 0 Å². The van der Waals surface area contributed by atoms with Crippen LogP contribution in [0, 0.1) is 0 Å². The fraction of sp³-hybridized carbons (Fsp3) is 0.647. The molecule has 0 aromatic rings. The standard InChI is InChI=1S/C17H29NO4/c1-5-6-7-8-9-10-11-12-17(21)22-15(13-16(19)20)14-18(2,3)4/h7-10,15H,5-6,11-14H2,1-4H3/b8-7+,10-9+. The molecule has 0 rings (SSSR count).